The minimum absolute atomic E-state index is 0.0492. The molecule has 22 heavy (non-hydrogen) atoms. The predicted octanol–water partition coefficient (Wildman–Crippen LogP) is 4.83. The third-order valence-corrected chi connectivity index (χ3v) is 3.93. The Bertz CT molecular complexity index is 602. The first-order chi connectivity index (χ1) is 10.6. The highest BCUT2D eigenvalue weighted by Crippen LogP contribution is 2.15. The summed E-state index contributed by atoms with van der Waals surface area (Å²) < 4.78 is 0. The molecule has 0 spiro atoms. The molecule has 0 heterocycles. The number of hydrogen-bond acceptors (Lipinski definition) is 1. The van der Waals surface area contributed by atoms with Crippen LogP contribution in [0.5, 0.6) is 0 Å². The van der Waals surface area contributed by atoms with Crippen molar-refractivity contribution in [3.63, 3.8) is 0 Å². The average Bonchev–Trinajstić information content (AvgIpc) is 2.52. The molecule has 0 unspecified atom stereocenters. The molecular formula is C19H22ClNO. The summed E-state index contributed by atoms with van der Waals surface area (Å²) in [5.41, 5.74) is 3.32. The number of nitrogens with one attached hydrogen (secondary N) is 1. The van der Waals surface area contributed by atoms with E-state index in [0.29, 0.717) is 23.0 Å². The van der Waals surface area contributed by atoms with Crippen LogP contribution in [-0.2, 0) is 6.42 Å². The molecule has 1 amide bonds. The first-order valence-corrected chi connectivity index (χ1v) is 8.06. The van der Waals surface area contributed by atoms with Gasteiger partial charge in [-0.05, 0) is 54.2 Å². The molecule has 2 rings (SSSR count). The molecule has 0 fully saturated rings. The lowest BCUT2D eigenvalue weighted by atomic mass is 10.0. The molecular weight excluding hydrogens is 294 g/mol. The molecule has 1 N–H and O–H groups in total. The van der Waals surface area contributed by atoms with Gasteiger partial charge in [-0.25, -0.2) is 0 Å². The third kappa shape index (κ3) is 4.88. The van der Waals surface area contributed by atoms with Gasteiger partial charge in [0.15, 0.2) is 0 Å². The molecule has 0 bridgehead atoms. The van der Waals surface area contributed by atoms with E-state index in [1.54, 1.807) is 24.3 Å². The van der Waals surface area contributed by atoms with E-state index in [4.69, 9.17) is 11.6 Å². The molecule has 3 heteroatoms. The van der Waals surface area contributed by atoms with Crippen LogP contribution >= 0.6 is 11.6 Å². The van der Waals surface area contributed by atoms with Crippen molar-refractivity contribution in [2.75, 3.05) is 6.54 Å². The van der Waals surface area contributed by atoms with Crippen LogP contribution in [0.1, 0.15) is 47.7 Å². The lowest BCUT2D eigenvalue weighted by Gasteiger charge is -2.08. The number of carbonyl (C=O) groups excluding carboxylic acids is 1. The molecule has 0 aliphatic carbocycles. The highest BCUT2D eigenvalue weighted by Gasteiger charge is 2.04. The van der Waals surface area contributed by atoms with E-state index in [1.165, 1.54) is 11.1 Å². The molecule has 0 aliphatic rings. The number of hydrogen-bond donors (Lipinski definition) is 1. The fraction of sp³-hybridized carbons (Fsp3) is 0.316. The largest absolute Gasteiger partial charge is 0.352 e. The summed E-state index contributed by atoms with van der Waals surface area (Å²) >= 11 is 5.81. The Morgan fingerprint density at radius 2 is 1.68 bits per heavy atom. The molecule has 2 aromatic carbocycles. The summed E-state index contributed by atoms with van der Waals surface area (Å²) in [4.78, 5) is 11.9. The van der Waals surface area contributed by atoms with Gasteiger partial charge >= 0.3 is 0 Å². The van der Waals surface area contributed by atoms with Gasteiger partial charge < -0.3 is 5.32 Å². The zero-order valence-corrected chi connectivity index (χ0v) is 13.9. The molecule has 0 aliphatic heterocycles. The average molecular weight is 316 g/mol. The quantitative estimate of drug-likeness (QED) is 0.760. The fourth-order valence-corrected chi connectivity index (χ4v) is 2.39. The number of benzene rings is 2. The van der Waals surface area contributed by atoms with E-state index in [-0.39, 0.29) is 5.91 Å². The first kappa shape index (κ1) is 16.6. The van der Waals surface area contributed by atoms with Gasteiger partial charge in [-0.1, -0.05) is 49.7 Å². The molecule has 0 radical (unpaired) electrons. The predicted molar refractivity (Wildman–Crippen MR) is 92.6 cm³/mol. The van der Waals surface area contributed by atoms with Gasteiger partial charge in [0, 0.05) is 17.1 Å². The molecule has 2 nitrogen and oxygen atoms in total. The van der Waals surface area contributed by atoms with Crippen molar-refractivity contribution in [2.24, 2.45) is 0 Å². The van der Waals surface area contributed by atoms with E-state index < -0.39 is 0 Å². The van der Waals surface area contributed by atoms with Crippen LogP contribution in [0.2, 0.25) is 5.02 Å². The van der Waals surface area contributed by atoms with Crippen LogP contribution in [0.4, 0.5) is 0 Å². The first-order valence-electron chi connectivity index (χ1n) is 7.69. The fourth-order valence-electron chi connectivity index (χ4n) is 2.27. The highest BCUT2D eigenvalue weighted by atomic mass is 35.5. The van der Waals surface area contributed by atoms with Crippen LogP contribution in [0.25, 0.3) is 0 Å². The summed E-state index contributed by atoms with van der Waals surface area (Å²) in [7, 11) is 0. The second-order valence-electron chi connectivity index (χ2n) is 5.76. The monoisotopic (exact) mass is 315 g/mol. The second-order valence-corrected chi connectivity index (χ2v) is 6.20. The van der Waals surface area contributed by atoms with Gasteiger partial charge in [0.05, 0.1) is 0 Å². The number of carbonyl (C=O) groups is 1. The van der Waals surface area contributed by atoms with Crippen molar-refractivity contribution in [1.29, 1.82) is 0 Å². The van der Waals surface area contributed by atoms with Crippen molar-refractivity contribution in [3.8, 4) is 0 Å². The van der Waals surface area contributed by atoms with E-state index >= 15 is 0 Å². The van der Waals surface area contributed by atoms with Gasteiger partial charge in [0.25, 0.3) is 5.91 Å². The summed E-state index contributed by atoms with van der Waals surface area (Å²) in [5, 5.41) is 3.58. The summed E-state index contributed by atoms with van der Waals surface area (Å²) in [6, 6.07) is 15.7. The molecule has 0 atom stereocenters. The number of amides is 1. The summed E-state index contributed by atoms with van der Waals surface area (Å²) in [5.74, 6) is 0.513. The Morgan fingerprint density at radius 1 is 1.05 bits per heavy atom. The van der Waals surface area contributed by atoms with Gasteiger partial charge in [-0.2, -0.15) is 0 Å². The van der Waals surface area contributed by atoms with E-state index in [2.05, 4.69) is 43.4 Å². The minimum Gasteiger partial charge on any atom is -0.352 e. The van der Waals surface area contributed by atoms with E-state index in [9.17, 15) is 4.79 Å². The van der Waals surface area contributed by atoms with Crippen LogP contribution < -0.4 is 5.32 Å². The van der Waals surface area contributed by atoms with Crippen molar-refractivity contribution in [2.45, 2.75) is 32.6 Å². The number of rotatable bonds is 6. The Hall–Kier alpha value is -1.80. The zero-order chi connectivity index (χ0) is 15.9. The Balaban J connectivity index is 1.74. The highest BCUT2D eigenvalue weighted by molar-refractivity contribution is 6.30. The maximum atomic E-state index is 11.9. The van der Waals surface area contributed by atoms with Gasteiger partial charge in [-0.15, -0.1) is 0 Å². The van der Waals surface area contributed by atoms with Crippen LogP contribution in [0, 0.1) is 0 Å². The molecule has 0 saturated carbocycles. The zero-order valence-electron chi connectivity index (χ0n) is 13.1. The molecule has 116 valence electrons. The number of halogens is 1. The van der Waals surface area contributed by atoms with Crippen molar-refractivity contribution in [1.82, 2.24) is 5.32 Å². The standard InChI is InChI=1S/C19H22ClNO/c1-14(2)16-7-5-15(6-8-16)4-3-13-21-19(22)17-9-11-18(20)12-10-17/h5-12,14H,3-4,13H2,1-2H3,(H,21,22). The van der Waals surface area contributed by atoms with E-state index in [1.807, 2.05) is 0 Å². The van der Waals surface area contributed by atoms with Crippen LogP contribution in [0.15, 0.2) is 48.5 Å². The SMILES string of the molecule is CC(C)c1ccc(CCCNC(=O)c2ccc(Cl)cc2)cc1. The van der Waals surface area contributed by atoms with Crippen LogP contribution in [-0.4, -0.2) is 12.5 Å². The number of aryl methyl sites for hydroxylation is 1. The minimum atomic E-state index is -0.0492. The van der Waals surface area contributed by atoms with E-state index in [0.717, 1.165) is 12.8 Å². The molecule has 0 saturated heterocycles. The third-order valence-electron chi connectivity index (χ3n) is 3.68. The smallest absolute Gasteiger partial charge is 0.251 e. The summed E-state index contributed by atoms with van der Waals surface area (Å²) in [6.45, 7) is 5.07. The van der Waals surface area contributed by atoms with Crippen molar-refractivity contribution in [3.05, 3.63) is 70.2 Å². The molecule has 2 aromatic rings. The maximum Gasteiger partial charge on any atom is 0.251 e. The van der Waals surface area contributed by atoms with Gasteiger partial charge in [0.2, 0.25) is 0 Å². The molecule has 0 aromatic heterocycles. The van der Waals surface area contributed by atoms with Gasteiger partial charge in [0.1, 0.15) is 0 Å². The van der Waals surface area contributed by atoms with Crippen molar-refractivity contribution >= 4 is 17.5 Å². The maximum absolute atomic E-state index is 11.9. The second kappa shape index (κ2) is 8.00. The Kier molecular flexibility index (Phi) is 6.02. The Labute approximate surface area is 137 Å². The lowest BCUT2D eigenvalue weighted by Crippen LogP contribution is -2.24. The summed E-state index contributed by atoms with van der Waals surface area (Å²) in [6.07, 6.45) is 1.90. The van der Waals surface area contributed by atoms with Gasteiger partial charge in [-0.3, -0.25) is 4.79 Å². The lowest BCUT2D eigenvalue weighted by molar-refractivity contribution is 0.0953. The van der Waals surface area contributed by atoms with Crippen LogP contribution in [0.3, 0.4) is 0 Å². The Morgan fingerprint density at radius 3 is 2.27 bits per heavy atom. The topological polar surface area (TPSA) is 29.1 Å². The normalized spacial score (nSPS) is 10.7. The van der Waals surface area contributed by atoms with Crippen molar-refractivity contribution < 1.29 is 4.79 Å².